The highest BCUT2D eigenvalue weighted by molar-refractivity contribution is 14.1. The molecule has 1 fully saturated rings. The van der Waals surface area contributed by atoms with Crippen LogP contribution in [0.1, 0.15) is 39.0 Å². The van der Waals surface area contributed by atoms with Gasteiger partial charge >= 0.3 is 0 Å². The molecule has 1 aliphatic rings. The summed E-state index contributed by atoms with van der Waals surface area (Å²) in [5.41, 5.74) is 0.199. The van der Waals surface area contributed by atoms with Crippen molar-refractivity contribution in [3.8, 4) is 0 Å². The molecule has 15 heavy (non-hydrogen) atoms. The van der Waals surface area contributed by atoms with E-state index in [4.69, 9.17) is 0 Å². The van der Waals surface area contributed by atoms with Gasteiger partial charge in [-0.3, -0.25) is 0 Å². The van der Waals surface area contributed by atoms with E-state index in [-0.39, 0.29) is 5.54 Å². The first-order chi connectivity index (χ1) is 7.18. The fourth-order valence-corrected chi connectivity index (χ4v) is 2.38. The Hall–Kier alpha value is -0.390. The van der Waals surface area contributed by atoms with Gasteiger partial charge in [0.05, 0.1) is 0 Å². The maximum Gasteiger partial charge on any atom is 0.223 e. The Morgan fingerprint density at radius 2 is 1.80 bits per heavy atom. The van der Waals surface area contributed by atoms with Crippen molar-refractivity contribution >= 4 is 28.5 Å². The number of hydrogen-bond donors (Lipinski definition) is 1. The van der Waals surface area contributed by atoms with Crippen molar-refractivity contribution in [3.05, 3.63) is 16.0 Å². The van der Waals surface area contributed by atoms with Gasteiger partial charge in [0.25, 0.3) is 0 Å². The molecule has 0 aliphatic heterocycles. The molecule has 0 amide bonds. The summed E-state index contributed by atoms with van der Waals surface area (Å²) < 4.78 is 1.08. The molecule has 0 unspecified atom stereocenters. The molecule has 1 aromatic heterocycles. The van der Waals surface area contributed by atoms with E-state index >= 15 is 0 Å². The normalized spacial score (nSPS) is 19.9. The van der Waals surface area contributed by atoms with E-state index in [9.17, 15) is 0 Å². The highest BCUT2D eigenvalue weighted by atomic mass is 127. The van der Waals surface area contributed by atoms with Gasteiger partial charge in [-0.05, 0) is 42.4 Å². The molecule has 0 radical (unpaired) electrons. The standard InChI is InChI=1S/C11H16IN3/c1-11(5-3-2-4-6-11)15-10-13-7-9(12)8-14-10/h7-8H,2-6H2,1H3,(H,13,14,15). The summed E-state index contributed by atoms with van der Waals surface area (Å²) in [6.07, 6.45) is 10.1. The minimum atomic E-state index is 0.199. The number of anilines is 1. The Kier molecular flexibility index (Phi) is 3.43. The summed E-state index contributed by atoms with van der Waals surface area (Å²) >= 11 is 2.22. The fourth-order valence-electron chi connectivity index (χ4n) is 2.10. The predicted molar refractivity (Wildman–Crippen MR) is 69.9 cm³/mol. The van der Waals surface area contributed by atoms with Crippen LogP contribution in [0.25, 0.3) is 0 Å². The van der Waals surface area contributed by atoms with Crippen LogP contribution in [0.3, 0.4) is 0 Å². The summed E-state index contributed by atoms with van der Waals surface area (Å²) in [5, 5.41) is 3.46. The second-order valence-electron chi connectivity index (χ2n) is 4.47. The van der Waals surface area contributed by atoms with E-state index < -0.39 is 0 Å². The highest BCUT2D eigenvalue weighted by Crippen LogP contribution is 2.30. The smallest absolute Gasteiger partial charge is 0.223 e. The summed E-state index contributed by atoms with van der Waals surface area (Å²) in [7, 11) is 0. The van der Waals surface area contributed by atoms with Crippen molar-refractivity contribution in [2.24, 2.45) is 0 Å². The van der Waals surface area contributed by atoms with E-state index in [0.717, 1.165) is 9.52 Å². The molecule has 3 nitrogen and oxygen atoms in total. The quantitative estimate of drug-likeness (QED) is 0.851. The van der Waals surface area contributed by atoms with Crippen molar-refractivity contribution in [1.29, 1.82) is 0 Å². The minimum Gasteiger partial charge on any atom is -0.349 e. The van der Waals surface area contributed by atoms with Gasteiger partial charge in [-0.25, -0.2) is 9.97 Å². The van der Waals surface area contributed by atoms with Gasteiger partial charge in [0.15, 0.2) is 0 Å². The molecule has 82 valence electrons. The lowest BCUT2D eigenvalue weighted by Gasteiger charge is -2.34. The largest absolute Gasteiger partial charge is 0.349 e. The van der Waals surface area contributed by atoms with Crippen molar-refractivity contribution in [1.82, 2.24) is 9.97 Å². The molecule has 4 heteroatoms. The molecule has 0 atom stereocenters. The molecule has 1 saturated carbocycles. The molecule has 0 bridgehead atoms. The van der Waals surface area contributed by atoms with E-state index in [2.05, 4.69) is 44.8 Å². The molecular formula is C11H16IN3. The first kappa shape index (κ1) is 11.1. The van der Waals surface area contributed by atoms with Crippen LogP contribution in [0, 0.1) is 3.57 Å². The van der Waals surface area contributed by atoms with Crippen LogP contribution in [0.2, 0.25) is 0 Å². The molecule has 2 rings (SSSR count). The van der Waals surface area contributed by atoms with Crippen LogP contribution in [0.15, 0.2) is 12.4 Å². The number of halogens is 1. The highest BCUT2D eigenvalue weighted by Gasteiger charge is 2.26. The van der Waals surface area contributed by atoms with Crippen LogP contribution in [0.4, 0.5) is 5.95 Å². The third-order valence-electron chi connectivity index (χ3n) is 2.99. The summed E-state index contributed by atoms with van der Waals surface area (Å²) in [4.78, 5) is 8.58. The first-order valence-corrected chi connectivity index (χ1v) is 6.52. The maximum atomic E-state index is 4.29. The minimum absolute atomic E-state index is 0.199. The zero-order chi connectivity index (χ0) is 10.7. The summed E-state index contributed by atoms with van der Waals surface area (Å²) in [5.74, 6) is 0.764. The summed E-state index contributed by atoms with van der Waals surface area (Å²) in [6, 6.07) is 0. The number of aromatic nitrogens is 2. The van der Waals surface area contributed by atoms with Crippen molar-refractivity contribution in [2.75, 3.05) is 5.32 Å². The number of nitrogens with one attached hydrogen (secondary N) is 1. The molecule has 1 N–H and O–H groups in total. The average Bonchev–Trinajstić information content (AvgIpc) is 2.22. The Bertz CT molecular complexity index is 317. The predicted octanol–water partition coefficient (Wildman–Crippen LogP) is 3.22. The number of hydrogen-bond acceptors (Lipinski definition) is 3. The molecular weight excluding hydrogens is 301 g/mol. The van der Waals surface area contributed by atoms with Crippen molar-refractivity contribution in [2.45, 2.75) is 44.6 Å². The molecule has 1 heterocycles. The summed E-state index contributed by atoms with van der Waals surface area (Å²) in [6.45, 7) is 2.27. The number of nitrogens with zero attached hydrogens (tertiary/aromatic N) is 2. The number of rotatable bonds is 2. The van der Waals surface area contributed by atoms with Gasteiger partial charge in [-0.2, -0.15) is 0 Å². The monoisotopic (exact) mass is 317 g/mol. The van der Waals surface area contributed by atoms with Crippen LogP contribution >= 0.6 is 22.6 Å². The SMILES string of the molecule is CC1(Nc2ncc(I)cn2)CCCCC1. The van der Waals surface area contributed by atoms with Crippen molar-refractivity contribution < 1.29 is 0 Å². The van der Waals surface area contributed by atoms with Gasteiger partial charge in [-0.15, -0.1) is 0 Å². The molecule has 1 aromatic rings. The Morgan fingerprint density at radius 1 is 1.20 bits per heavy atom. The van der Waals surface area contributed by atoms with Gasteiger partial charge in [-0.1, -0.05) is 19.3 Å². The fraction of sp³-hybridized carbons (Fsp3) is 0.636. The second kappa shape index (κ2) is 4.63. The molecule has 1 aliphatic carbocycles. The zero-order valence-electron chi connectivity index (χ0n) is 8.96. The first-order valence-electron chi connectivity index (χ1n) is 5.44. The zero-order valence-corrected chi connectivity index (χ0v) is 11.1. The van der Waals surface area contributed by atoms with E-state index in [0.29, 0.717) is 0 Å². The lowest BCUT2D eigenvalue weighted by molar-refractivity contribution is 0.347. The lowest BCUT2D eigenvalue weighted by atomic mass is 9.83. The third kappa shape index (κ3) is 3.03. The van der Waals surface area contributed by atoms with Gasteiger partial charge < -0.3 is 5.32 Å². The Labute approximate surface area is 104 Å². The molecule has 0 aromatic carbocycles. The Balaban J connectivity index is 2.03. The van der Waals surface area contributed by atoms with Gasteiger partial charge in [0, 0.05) is 21.5 Å². The third-order valence-corrected chi connectivity index (χ3v) is 3.55. The molecule has 0 spiro atoms. The van der Waals surface area contributed by atoms with Crippen LogP contribution in [0.5, 0.6) is 0 Å². The average molecular weight is 317 g/mol. The van der Waals surface area contributed by atoms with Gasteiger partial charge in [0.1, 0.15) is 0 Å². The van der Waals surface area contributed by atoms with Crippen LogP contribution in [-0.2, 0) is 0 Å². The van der Waals surface area contributed by atoms with Crippen LogP contribution in [-0.4, -0.2) is 15.5 Å². The topological polar surface area (TPSA) is 37.8 Å². The van der Waals surface area contributed by atoms with Crippen molar-refractivity contribution in [3.63, 3.8) is 0 Å². The molecule has 0 saturated heterocycles. The van der Waals surface area contributed by atoms with Gasteiger partial charge in [0.2, 0.25) is 5.95 Å². The second-order valence-corrected chi connectivity index (χ2v) is 5.72. The van der Waals surface area contributed by atoms with E-state index in [1.807, 2.05) is 12.4 Å². The lowest BCUT2D eigenvalue weighted by Crippen LogP contribution is -2.37. The Morgan fingerprint density at radius 3 is 2.40 bits per heavy atom. The van der Waals surface area contributed by atoms with Crippen LogP contribution < -0.4 is 5.32 Å². The van der Waals surface area contributed by atoms with E-state index in [1.54, 1.807) is 0 Å². The van der Waals surface area contributed by atoms with E-state index in [1.165, 1.54) is 32.1 Å². The maximum absolute atomic E-state index is 4.29.